The monoisotopic (exact) mass is 246 g/mol. The minimum Gasteiger partial charge on any atom is -0.316 e. The molecule has 0 radical (unpaired) electrons. The fraction of sp³-hybridized carbons (Fsp3) is 0.625. The molecule has 1 aliphatic rings. The van der Waals surface area contributed by atoms with Crippen LogP contribution < -0.4 is 5.32 Å². The van der Waals surface area contributed by atoms with Crippen LogP contribution in [0.3, 0.4) is 0 Å². The van der Waals surface area contributed by atoms with E-state index in [0.717, 1.165) is 0 Å². The molecule has 1 fully saturated rings. The van der Waals surface area contributed by atoms with Gasteiger partial charge in [-0.05, 0) is 44.8 Å². The van der Waals surface area contributed by atoms with Crippen molar-refractivity contribution in [2.24, 2.45) is 0 Å². The van der Waals surface area contributed by atoms with Gasteiger partial charge in [-0.25, -0.2) is 0 Å². The number of hydrogen-bond acceptors (Lipinski definition) is 2. The molecule has 1 heterocycles. The van der Waals surface area contributed by atoms with Gasteiger partial charge < -0.3 is 5.32 Å². The van der Waals surface area contributed by atoms with Gasteiger partial charge in [0.15, 0.2) is 0 Å². The first kappa shape index (κ1) is 13.6. The minimum atomic E-state index is 0.684. The van der Waals surface area contributed by atoms with E-state index in [1.165, 1.54) is 44.3 Å². The van der Waals surface area contributed by atoms with Gasteiger partial charge in [-0.3, -0.25) is 4.90 Å². The van der Waals surface area contributed by atoms with Gasteiger partial charge in [-0.15, -0.1) is 0 Å². The average molecular weight is 246 g/mol. The fourth-order valence-electron chi connectivity index (χ4n) is 2.99. The summed E-state index contributed by atoms with van der Waals surface area (Å²) in [4.78, 5) is 2.68. The molecule has 2 unspecified atom stereocenters. The molecule has 1 aromatic rings. The Hall–Kier alpha value is -0.860. The summed E-state index contributed by atoms with van der Waals surface area (Å²) in [7, 11) is 2.09. The lowest BCUT2D eigenvalue weighted by atomic mass is 9.98. The summed E-state index contributed by atoms with van der Waals surface area (Å²) < 4.78 is 0. The third kappa shape index (κ3) is 3.56. The van der Waals surface area contributed by atoms with Crippen LogP contribution in [-0.4, -0.2) is 37.1 Å². The molecule has 1 N–H and O–H groups in total. The normalized spacial score (nSPS) is 22.9. The molecule has 2 atom stereocenters. The Balaban J connectivity index is 1.95. The van der Waals surface area contributed by atoms with Gasteiger partial charge in [0, 0.05) is 18.6 Å². The summed E-state index contributed by atoms with van der Waals surface area (Å²) in [6.07, 6.45) is 5.09. The Morgan fingerprint density at radius 1 is 1.33 bits per heavy atom. The Labute approximate surface area is 111 Å². The molecule has 0 aromatic heterocycles. The Bertz CT molecular complexity index is 336. The lowest BCUT2D eigenvalue weighted by molar-refractivity contribution is 0.135. The lowest BCUT2D eigenvalue weighted by Crippen LogP contribution is -2.49. The van der Waals surface area contributed by atoms with Crippen LogP contribution in [0.5, 0.6) is 0 Å². The molecule has 0 bridgehead atoms. The van der Waals surface area contributed by atoms with Crippen molar-refractivity contribution in [3.8, 4) is 0 Å². The Kier molecular flexibility index (Phi) is 5.21. The molecule has 18 heavy (non-hydrogen) atoms. The van der Waals surface area contributed by atoms with Crippen molar-refractivity contribution in [2.75, 3.05) is 20.1 Å². The molecular weight excluding hydrogens is 220 g/mol. The van der Waals surface area contributed by atoms with Crippen molar-refractivity contribution < 1.29 is 0 Å². The number of benzene rings is 1. The quantitative estimate of drug-likeness (QED) is 0.859. The van der Waals surface area contributed by atoms with Gasteiger partial charge in [-0.1, -0.05) is 37.3 Å². The van der Waals surface area contributed by atoms with E-state index in [0.29, 0.717) is 12.1 Å². The first-order valence-corrected chi connectivity index (χ1v) is 7.28. The minimum absolute atomic E-state index is 0.684. The second-order valence-electron chi connectivity index (χ2n) is 5.37. The maximum absolute atomic E-state index is 3.44. The topological polar surface area (TPSA) is 15.3 Å². The second-order valence-corrected chi connectivity index (χ2v) is 5.37. The predicted octanol–water partition coefficient (Wildman–Crippen LogP) is 2.69. The van der Waals surface area contributed by atoms with E-state index in [1.807, 2.05) is 0 Å². The molecule has 0 spiro atoms. The highest BCUT2D eigenvalue weighted by atomic mass is 15.2. The molecule has 100 valence electrons. The van der Waals surface area contributed by atoms with Crippen molar-refractivity contribution in [2.45, 2.75) is 44.7 Å². The SMILES string of the molecule is CCC(Cc1ccccc1)N1CCCC(NC)C1. The Morgan fingerprint density at radius 2 is 2.11 bits per heavy atom. The summed E-state index contributed by atoms with van der Waals surface area (Å²) in [6, 6.07) is 12.3. The molecule has 2 heteroatoms. The van der Waals surface area contributed by atoms with Crippen molar-refractivity contribution in [1.29, 1.82) is 0 Å². The van der Waals surface area contributed by atoms with Crippen molar-refractivity contribution >= 4 is 0 Å². The van der Waals surface area contributed by atoms with E-state index in [9.17, 15) is 0 Å². The number of hydrogen-bond donors (Lipinski definition) is 1. The predicted molar refractivity (Wildman–Crippen MR) is 77.9 cm³/mol. The standard InChI is InChI=1S/C16H26N2/c1-3-16(12-14-8-5-4-6-9-14)18-11-7-10-15(13-18)17-2/h4-6,8-9,15-17H,3,7,10-13H2,1-2H3. The van der Waals surface area contributed by atoms with E-state index >= 15 is 0 Å². The molecule has 2 rings (SSSR count). The van der Waals surface area contributed by atoms with Gasteiger partial charge in [0.05, 0.1) is 0 Å². The first-order chi connectivity index (χ1) is 8.83. The number of likely N-dealkylation sites (tertiary alicyclic amines) is 1. The third-order valence-electron chi connectivity index (χ3n) is 4.16. The maximum atomic E-state index is 3.44. The van der Waals surface area contributed by atoms with Gasteiger partial charge in [0.2, 0.25) is 0 Å². The van der Waals surface area contributed by atoms with Crippen molar-refractivity contribution in [3.63, 3.8) is 0 Å². The van der Waals surface area contributed by atoms with E-state index < -0.39 is 0 Å². The van der Waals surface area contributed by atoms with Crippen LogP contribution >= 0.6 is 0 Å². The highest BCUT2D eigenvalue weighted by molar-refractivity contribution is 5.16. The van der Waals surface area contributed by atoms with Crippen LogP contribution in [0, 0.1) is 0 Å². The molecule has 0 aliphatic carbocycles. The zero-order valence-electron chi connectivity index (χ0n) is 11.7. The van der Waals surface area contributed by atoms with Crippen LogP contribution in [0.15, 0.2) is 30.3 Å². The number of nitrogens with zero attached hydrogens (tertiary/aromatic N) is 1. The lowest BCUT2D eigenvalue weighted by Gasteiger charge is -2.38. The van der Waals surface area contributed by atoms with Crippen molar-refractivity contribution in [3.05, 3.63) is 35.9 Å². The molecule has 1 aliphatic heterocycles. The largest absolute Gasteiger partial charge is 0.316 e. The Morgan fingerprint density at radius 3 is 2.78 bits per heavy atom. The smallest absolute Gasteiger partial charge is 0.0192 e. The van der Waals surface area contributed by atoms with E-state index in [2.05, 4.69) is 54.5 Å². The average Bonchev–Trinajstić information content (AvgIpc) is 2.46. The summed E-state index contributed by atoms with van der Waals surface area (Å²) >= 11 is 0. The molecule has 0 saturated carbocycles. The summed E-state index contributed by atoms with van der Waals surface area (Å²) in [6.45, 7) is 4.79. The van der Waals surface area contributed by atoms with Crippen LogP contribution in [-0.2, 0) is 6.42 Å². The molecule has 1 saturated heterocycles. The maximum Gasteiger partial charge on any atom is 0.0192 e. The highest BCUT2D eigenvalue weighted by Gasteiger charge is 2.23. The van der Waals surface area contributed by atoms with E-state index in [-0.39, 0.29) is 0 Å². The van der Waals surface area contributed by atoms with Gasteiger partial charge >= 0.3 is 0 Å². The van der Waals surface area contributed by atoms with Crippen LogP contribution in [0.1, 0.15) is 31.7 Å². The number of rotatable bonds is 5. The summed E-state index contributed by atoms with van der Waals surface area (Å²) in [5.41, 5.74) is 1.47. The van der Waals surface area contributed by atoms with E-state index in [1.54, 1.807) is 0 Å². The molecule has 0 amide bonds. The van der Waals surface area contributed by atoms with Crippen LogP contribution in [0.2, 0.25) is 0 Å². The van der Waals surface area contributed by atoms with Gasteiger partial charge in [0.1, 0.15) is 0 Å². The third-order valence-corrected chi connectivity index (χ3v) is 4.16. The highest BCUT2D eigenvalue weighted by Crippen LogP contribution is 2.18. The zero-order valence-corrected chi connectivity index (χ0v) is 11.7. The first-order valence-electron chi connectivity index (χ1n) is 7.28. The number of piperidine rings is 1. The van der Waals surface area contributed by atoms with E-state index in [4.69, 9.17) is 0 Å². The van der Waals surface area contributed by atoms with Crippen molar-refractivity contribution in [1.82, 2.24) is 10.2 Å². The number of nitrogens with one attached hydrogen (secondary N) is 1. The molecular formula is C16H26N2. The van der Waals surface area contributed by atoms with Crippen LogP contribution in [0.25, 0.3) is 0 Å². The van der Waals surface area contributed by atoms with Gasteiger partial charge in [-0.2, -0.15) is 0 Å². The summed E-state index contributed by atoms with van der Waals surface area (Å²) in [5, 5.41) is 3.44. The van der Waals surface area contributed by atoms with Crippen LogP contribution in [0.4, 0.5) is 0 Å². The fourth-order valence-corrected chi connectivity index (χ4v) is 2.99. The summed E-state index contributed by atoms with van der Waals surface area (Å²) in [5.74, 6) is 0. The second kappa shape index (κ2) is 6.91. The number of likely N-dealkylation sites (N-methyl/N-ethyl adjacent to an activating group) is 1. The molecule has 1 aromatic carbocycles. The van der Waals surface area contributed by atoms with Gasteiger partial charge in [0.25, 0.3) is 0 Å². The molecule has 2 nitrogen and oxygen atoms in total. The zero-order chi connectivity index (χ0) is 12.8.